The molecule has 0 fully saturated rings. The second-order valence-electron chi connectivity index (χ2n) is 4.93. The van der Waals surface area contributed by atoms with Crippen LogP contribution in [-0.2, 0) is 19.5 Å². The van der Waals surface area contributed by atoms with Crippen molar-refractivity contribution in [2.75, 3.05) is 6.54 Å². The van der Waals surface area contributed by atoms with Crippen molar-refractivity contribution in [1.29, 1.82) is 0 Å². The van der Waals surface area contributed by atoms with Gasteiger partial charge in [-0.2, -0.15) is 5.10 Å². The second kappa shape index (κ2) is 7.60. The summed E-state index contributed by atoms with van der Waals surface area (Å²) in [5, 5.41) is 7.96. The summed E-state index contributed by atoms with van der Waals surface area (Å²) >= 11 is 3.47. The van der Waals surface area contributed by atoms with E-state index in [9.17, 15) is 0 Å². The maximum Gasteiger partial charge on any atom is 0.0662 e. The van der Waals surface area contributed by atoms with Gasteiger partial charge in [-0.05, 0) is 30.7 Å². The number of halogens is 1. The Morgan fingerprint density at radius 1 is 1.20 bits per heavy atom. The van der Waals surface area contributed by atoms with E-state index in [-0.39, 0.29) is 0 Å². The van der Waals surface area contributed by atoms with Crippen LogP contribution in [-0.4, -0.2) is 16.3 Å². The van der Waals surface area contributed by atoms with Gasteiger partial charge in [-0.15, -0.1) is 0 Å². The number of nitrogens with zero attached hydrogens (tertiary/aromatic N) is 2. The van der Waals surface area contributed by atoms with Gasteiger partial charge in [0.25, 0.3) is 0 Å². The molecular formula is C16H22BrN3. The van der Waals surface area contributed by atoms with Crippen molar-refractivity contribution in [3.05, 3.63) is 51.8 Å². The molecule has 0 radical (unpaired) electrons. The molecule has 1 N–H and O–H groups in total. The van der Waals surface area contributed by atoms with E-state index in [4.69, 9.17) is 0 Å². The molecule has 2 rings (SSSR count). The zero-order valence-corrected chi connectivity index (χ0v) is 13.8. The number of hydrogen-bond donors (Lipinski definition) is 1. The van der Waals surface area contributed by atoms with Gasteiger partial charge in [0.15, 0.2) is 0 Å². The van der Waals surface area contributed by atoms with Gasteiger partial charge in [-0.25, -0.2) is 0 Å². The first-order valence-corrected chi connectivity index (χ1v) is 8.02. The molecule has 0 amide bonds. The van der Waals surface area contributed by atoms with Gasteiger partial charge in [0.05, 0.1) is 12.7 Å². The van der Waals surface area contributed by atoms with Crippen molar-refractivity contribution < 1.29 is 0 Å². The molecule has 0 spiro atoms. The average molecular weight is 336 g/mol. The van der Waals surface area contributed by atoms with E-state index in [0.29, 0.717) is 0 Å². The third-order valence-corrected chi connectivity index (χ3v) is 3.86. The van der Waals surface area contributed by atoms with Crippen LogP contribution < -0.4 is 5.32 Å². The fourth-order valence-corrected chi connectivity index (χ4v) is 2.55. The molecule has 108 valence electrons. The van der Waals surface area contributed by atoms with Crippen molar-refractivity contribution in [3.63, 3.8) is 0 Å². The van der Waals surface area contributed by atoms with Crippen LogP contribution in [0.4, 0.5) is 0 Å². The van der Waals surface area contributed by atoms with E-state index >= 15 is 0 Å². The van der Waals surface area contributed by atoms with Crippen LogP contribution in [0, 0.1) is 0 Å². The lowest BCUT2D eigenvalue weighted by Gasteiger charge is -2.09. The van der Waals surface area contributed by atoms with Crippen molar-refractivity contribution in [3.8, 4) is 0 Å². The Labute approximate surface area is 129 Å². The zero-order chi connectivity index (χ0) is 14.4. The summed E-state index contributed by atoms with van der Waals surface area (Å²) in [6.07, 6.45) is 4.23. The second-order valence-corrected chi connectivity index (χ2v) is 5.85. The fraction of sp³-hybridized carbons (Fsp3) is 0.438. The number of nitrogens with one attached hydrogen (secondary N) is 1. The molecule has 0 bridgehead atoms. The first-order chi connectivity index (χ1) is 9.74. The SMILES string of the molecule is CCCc1c(CNCC)cnn1Cc1ccc(Br)cc1. The van der Waals surface area contributed by atoms with Crippen LogP contribution in [0.1, 0.15) is 37.1 Å². The fourth-order valence-electron chi connectivity index (χ4n) is 2.28. The molecule has 0 unspecified atom stereocenters. The molecule has 3 nitrogen and oxygen atoms in total. The molecule has 1 heterocycles. The van der Waals surface area contributed by atoms with Crippen LogP contribution in [0.15, 0.2) is 34.9 Å². The number of aromatic nitrogens is 2. The summed E-state index contributed by atoms with van der Waals surface area (Å²) in [7, 11) is 0. The van der Waals surface area contributed by atoms with Gasteiger partial charge >= 0.3 is 0 Å². The number of hydrogen-bond acceptors (Lipinski definition) is 2. The molecule has 1 aromatic carbocycles. The lowest BCUT2D eigenvalue weighted by atomic mass is 10.1. The summed E-state index contributed by atoms with van der Waals surface area (Å²) in [4.78, 5) is 0. The van der Waals surface area contributed by atoms with E-state index in [1.807, 2.05) is 6.20 Å². The van der Waals surface area contributed by atoms with Gasteiger partial charge in [-0.3, -0.25) is 4.68 Å². The topological polar surface area (TPSA) is 29.9 Å². The lowest BCUT2D eigenvalue weighted by molar-refractivity contribution is 0.630. The highest BCUT2D eigenvalue weighted by Gasteiger charge is 2.10. The molecule has 1 aromatic heterocycles. The molecule has 4 heteroatoms. The van der Waals surface area contributed by atoms with E-state index in [0.717, 1.165) is 36.9 Å². The highest BCUT2D eigenvalue weighted by atomic mass is 79.9. The molecule has 0 saturated carbocycles. The highest BCUT2D eigenvalue weighted by Crippen LogP contribution is 2.15. The predicted octanol–water partition coefficient (Wildman–Crippen LogP) is 3.76. The third-order valence-electron chi connectivity index (χ3n) is 3.33. The van der Waals surface area contributed by atoms with Gasteiger partial charge in [0.1, 0.15) is 0 Å². The monoisotopic (exact) mass is 335 g/mol. The van der Waals surface area contributed by atoms with E-state index in [1.165, 1.54) is 16.8 Å². The van der Waals surface area contributed by atoms with Gasteiger partial charge in [0, 0.05) is 22.3 Å². The van der Waals surface area contributed by atoms with Crippen molar-refractivity contribution >= 4 is 15.9 Å². The van der Waals surface area contributed by atoms with Crippen molar-refractivity contribution in [2.45, 2.75) is 39.8 Å². The number of rotatable bonds is 7. The first kappa shape index (κ1) is 15.3. The summed E-state index contributed by atoms with van der Waals surface area (Å²) in [5.41, 5.74) is 3.96. The Morgan fingerprint density at radius 3 is 2.60 bits per heavy atom. The molecular weight excluding hydrogens is 314 g/mol. The highest BCUT2D eigenvalue weighted by molar-refractivity contribution is 9.10. The standard InChI is InChI=1S/C16H22BrN3/c1-3-5-16-14(10-18-4-2)11-19-20(16)12-13-6-8-15(17)9-7-13/h6-9,11,18H,3-5,10,12H2,1-2H3. The molecule has 0 aliphatic heterocycles. The minimum Gasteiger partial charge on any atom is -0.313 e. The van der Waals surface area contributed by atoms with Gasteiger partial charge in [0.2, 0.25) is 0 Å². The maximum atomic E-state index is 4.57. The summed E-state index contributed by atoms with van der Waals surface area (Å²) in [6, 6.07) is 8.45. The van der Waals surface area contributed by atoms with Crippen LogP contribution in [0.2, 0.25) is 0 Å². The Bertz CT molecular complexity index is 531. The normalized spacial score (nSPS) is 10.9. The van der Waals surface area contributed by atoms with Gasteiger partial charge < -0.3 is 5.32 Å². The molecule has 0 atom stereocenters. The largest absolute Gasteiger partial charge is 0.313 e. The minimum atomic E-state index is 0.842. The molecule has 20 heavy (non-hydrogen) atoms. The maximum absolute atomic E-state index is 4.57. The summed E-state index contributed by atoms with van der Waals surface area (Å²) < 4.78 is 3.25. The minimum absolute atomic E-state index is 0.842. The Hall–Kier alpha value is -1.13. The lowest BCUT2D eigenvalue weighted by Crippen LogP contribution is -2.14. The third kappa shape index (κ3) is 3.93. The molecule has 0 aliphatic rings. The first-order valence-electron chi connectivity index (χ1n) is 7.23. The average Bonchev–Trinajstić information content (AvgIpc) is 2.82. The predicted molar refractivity (Wildman–Crippen MR) is 86.8 cm³/mol. The van der Waals surface area contributed by atoms with Crippen molar-refractivity contribution in [1.82, 2.24) is 15.1 Å². The van der Waals surface area contributed by atoms with Crippen LogP contribution in [0.5, 0.6) is 0 Å². The van der Waals surface area contributed by atoms with E-state index in [2.05, 4.69) is 69.1 Å². The Kier molecular flexibility index (Phi) is 5.80. The van der Waals surface area contributed by atoms with Crippen LogP contribution >= 0.6 is 15.9 Å². The van der Waals surface area contributed by atoms with Crippen LogP contribution in [0.25, 0.3) is 0 Å². The van der Waals surface area contributed by atoms with E-state index < -0.39 is 0 Å². The van der Waals surface area contributed by atoms with Crippen LogP contribution in [0.3, 0.4) is 0 Å². The zero-order valence-electron chi connectivity index (χ0n) is 12.2. The summed E-state index contributed by atoms with van der Waals surface area (Å²) in [6.45, 7) is 7.09. The van der Waals surface area contributed by atoms with Gasteiger partial charge in [-0.1, -0.05) is 48.3 Å². The Morgan fingerprint density at radius 2 is 1.95 bits per heavy atom. The van der Waals surface area contributed by atoms with Crippen molar-refractivity contribution in [2.24, 2.45) is 0 Å². The quantitative estimate of drug-likeness (QED) is 0.834. The smallest absolute Gasteiger partial charge is 0.0662 e. The van der Waals surface area contributed by atoms with E-state index in [1.54, 1.807) is 0 Å². The molecule has 0 saturated heterocycles. The number of benzene rings is 1. The molecule has 0 aliphatic carbocycles. The summed E-state index contributed by atoms with van der Waals surface area (Å²) in [5.74, 6) is 0. The molecule has 2 aromatic rings. The Balaban J connectivity index is 2.17.